The lowest BCUT2D eigenvalue weighted by molar-refractivity contribution is -0.131. The summed E-state index contributed by atoms with van der Waals surface area (Å²) in [5.74, 6) is -0.155. The second kappa shape index (κ2) is 7.68. The molecule has 1 spiro atoms. The Morgan fingerprint density at radius 2 is 1.88 bits per heavy atom. The maximum absolute atomic E-state index is 12.5. The summed E-state index contributed by atoms with van der Waals surface area (Å²) in [5, 5.41) is 5.74. The minimum absolute atomic E-state index is 0.0430. The molecule has 1 heterocycles. The summed E-state index contributed by atoms with van der Waals surface area (Å²) in [7, 11) is 0. The summed E-state index contributed by atoms with van der Waals surface area (Å²) >= 11 is 0. The molecule has 3 rings (SSSR count). The van der Waals surface area contributed by atoms with Crippen molar-refractivity contribution in [2.45, 2.75) is 50.5 Å². The fraction of sp³-hybridized carbons (Fsp3) is 0.526. The van der Waals surface area contributed by atoms with Gasteiger partial charge in [-0.2, -0.15) is 0 Å². The highest BCUT2D eigenvalue weighted by atomic mass is 16.2. The smallest absolute Gasteiger partial charge is 0.325 e. The van der Waals surface area contributed by atoms with Crippen molar-refractivity contribution in [2.75, 3.05) is 13.1 Å². The summed E-state index contributed by atoms with van der Waals surface area (Å²) in [5.41, 5.74) is 0.527. The van der Waals surface area contributed by atoms with Gasteiger partial charge in [-0.25, -0.2) is 4.79 Å². The minimum Gasteiger partial charge on any atom is -0.356 e. The second-order valence-electron chi connectivity index (χ2n) is 6.87. The highest BCUT2D eigenvalue weighted by molar-refractivity contribution is 6.07. The van der Waals surface area contributed by atoms with E-state index >= 15 is 0 Å². The van der Waals surface area contributed by atoms with Gasteiger partial charge in [0.05, 0.1) is 0 Å². The lowest BCUT2D eigenvalue weighted by Gasteiger charge is -2.19. The van der Waals surface area contributed by atoms with Crippen LogP contribution in [0.4, 0.5) is 4.79 Å². The lowest BCUT2D eigenvalue weighted by atomic mass is 9.98. The van der Waals surface area contributed by atoms with E-state index in [-0.39, 0.29) is 17.8 Å². The number of rotatable bonds is 7. The largest absolute Gasteiger partial charge is 0.356 e. The molecule has 134 valence electrons. The van der Waals surface area contributed by atoms with Gasteiger partial charge >= 0.3 is 6.03 Å². The van der Waals surface area contributed by atoms with E-state index in [1.165, 1.54) is 10.5 Å². The molecule has 1 saturated heterocycles. The number of carbonyl (C=O) groups excluding carboxylic acids is 3. The zero-order valence-electron chi connectivity index (χ0n) is 14.4. The first-order valence-electron chi connectivity index (χ1n) is 9.05. The summed E-state index contributed by atoms with van der Waals surface area (Å²) in [4.78, 5) is 37.7. The molecule has 0 bridgehead atoms. The molecule has 2 N–H and O–H groups in total. The van der Waals surface area contributed by atoms with Crippen LogP contribution in [0.5, 0.6) is 0 Å². The summed E-state index contributed by atoms with van der Waals surface area (Å²) in [6.07, 6.45) is 5.02. The molecule has 6 heteroatoms. The summed E-state index contributed by atoms with van der Waals surface area (Å²) < 4.78 is 0. The number of carbonyl (C=O) groups is 3. The predicted octanol–water partition coefficient (Wildman–Crippen LogP) is 1.99. The van der Waals surface area contributed by atoms with Gasteiger partial charge < -0.3 is 10.6 Å². The van der Waals surface area contributed by atoms with Crippen LogP contribution in [0.1, 0.15) is 44.1 Å². The van der Waals surface area contributed by atoms with Crippen LogP contribution in [0, 0.1) is 0 Å². The van der Waals surface area contributed by atoms with Gasteiger partial charge in [0.2, 0.25) is 5.91 Å². The van der Waals surface area contributed by atoms with Crippen molar-refractivity contribution in [3.63, 3.8) is 0 Å². The normalized spacial score (nSPS) is 18.6. The van der Waals surface area contributed by atoms with Gasteiger partial charge in [-0.05, 0) is 31.2 Å². The van der Waals surface area contributed by atoms with Crippen molar-refractivity contribution >= 4 is 17.8 Å². The third-order valence-electron chi connectivity index (χ3n) is 5.07. The number of nitrogens with one attached hydrogen (secondary N) is 2. The van der Waals surface area contributed by atoms with Gasteiger partial charge in [0.25, 0.3) is 5.91 Å². The standard InChI is InChI=1S/C19H25N3O3/c23-16(20-13-10-15-7-2-1-3-8-15)9-6-14-22-17(24)19(21-18(22)25)11-4-5-12-19/h1-3,7-8H,4-6,9-14H2,(H,20,23)(H,21,25). The Morgan fingerprint density at radius 3 is 2.60 bits per heavy atom. The quantitative estimate of drug-likeness (QED) is 0.743. The average molecular weight is 343 g/mol. The number of benzene rings is 1. The molecule has 25 heavy (non-hydrogen) atoms. The molecule has 0 unspecified atom stereocenters. The van der Waals surface area contributed by atoms with E-state index in [0.717, 1.165) is 32.1 Å². The minimum atomic E-state index is -0.658. The van der Waals surface area contributed by atoms with Crippen LogP contribution in [0.2, 0.25) is 0 Å². The molecule has 1 aliphatic heterocycles. The van der Waals surface area contributed by atoms with Crippen molar-refractivity contribution in [1.82, 2.24) is 15.5 Å². The number of amides is 4. The Labute approximate surface area is 148 Å². The Morgan fingerprint density at radius 1 is 1.16 bits per heavy atom. The zero-order valence-corrected chi connectivity index (χ0v) is 14.4. The predicted molar refractivity (Wildman–Crippen MR) is 93.8 cm³/mol. The van der Waals surface area contributed by atoms with Crippen LogP contribution in [-0.4, -0.2) is 41.4 Å². The lowest BCUT2D eigenvalue weighted by Crippen LogP contribution is -2.44. The highest BCUT2D eigenvalue weighted by Gasteiger charge is 2.51. The maximum Gasteiger partial charge on any atom is 0.325 e. The van der Waals surface area contributed by atoms with Crippen molar-refractivity contribution in [2.24, 2.45) is 0 Å². The molecule has 0 atom stereocenters. The van der Waals surface area contributed by atoms with E-state index in [0.29, 0.717) is 25.9 Å². The van der Waals surface area contributed by atoms with Crippen molar-refractivity contribution < 1.29 is 14.4 Å². The third-order valence-corrected chi connectivity index (χ3v) is 5.07. The van der Waals surface area contributed by atoms with Crippen LogP contribution >= 0.6 is 0 Å². The van der Waals surface area contributed by atoms with Crippen molar-refractivity contribution in [3.8, 4) is 0 Å². The fourth-order valence-corrected chi connectivity index (χ4v) is 3.67. The molecule has 1 saturated carbocycles. The first kappa shape index (κ1) is 17.5. The Hall–Kier alpha value is -2.37. The zero-order chi connectivity index (χ0) is 17.7. The Kier molecular flexibility index (Phi) is 5.36. The molecule has 1 aliphatic carbocycles. The average Bonchev–Trinajstić information content (AvgIpc) is 3.16. The molecule has 0 aromatic heterocycles. The van der Waals surface area contributed by atoms with E-state index < -0.39 is 5.54 Å². The van der Waals surface area contributed by atoms with Crippen LogP contribution in [0.15, 0.2) is 30.3 Å². The van der Waals surface area contributed by atoms with Gasteiger partial charge in [-0.15, -0.1) is 0 Å². The summed E-state index contributed by atoms with van der Waals surface area (Å²) in [6, 6.07) is 9.67. The molecule has 2 fully saturated rings. The van der Waals surface area contributed by atoms with Gasteiger partial charge in [-0.3, -0.25) is 14.5 Å². The third kappa shape index (κ3) is 4.00. The number of nitrogens with zero attached hydrogens (tertiary/aromatic N) is 1. The van der Waals surface area contributed by atoms with Gasteiger partial charge in [0, 0.05) is 19.5 Å². The number of urea groups is 1. The monoisotopic (exact) mass is 343 g/mol. The van der Waals surface area contributed by atoms with Crippen LogP contribution in [0.3, 0.4) is 0 Å². The molecule has 1 aromatic rings. The Balaban J connectivity index is 1.37. The van der Waals surface area contributed by atoms with Crippen LogP contribution in [-0.2, 0) is 16.0 Å². The molecule has 6 nitrogen and oxygen atoms in total. The molecule has 0 radical (unpaired) electrons. The molecule has 2 aliphatic rings. The van der Waals surface area contributed by atoms with E-state index in [1.54, 1.807) is 0 Å². The van der Waals surface area contributed by atoms with E-state index in [4.69, 9.17) is 0 Å². The first-order chi connectivity index (χ1) is 12.1. The Bertz CT molecular complexity index is 639. The van der Waals surface area contributed by atoms with E-state index in [9.17, 15) is 14.4 Å². The molecule has 4 amide bonds. The maximum atomic E-state index is 12.5. The SMILES string of the molecule is O=C(CCCN1C(=O)NC2(CCCC2)C1=O)NCCc1ccccc1. The van der Waals surface area contributed by atoms with Gasteiger partial charge in [0.1, 0.15) is 5.54 Å². The van der Waals surface area contributed by atoms with Gasteiger partial charge in [0.15, 0.2) is 0 Å². The number of imide groups is 1. The number of hydrogen-bond donors (Lipinski definition) is 2. The highest BCUT2D eigenvalue weighted by Crippen LogP contribution is 2.35. The topological polar surface area (TPSA) is 78.5 Å². The van der Waals surface area contributed by atoms with Crippen molar-refractivity contribution in [1.29, 1.82) is 0 Å². The molecule has 1 aromatic carbocycles. The van der Waals surface area contributed by atoms with Crippen LogP contribution in [0.25, 0.3) is 0 Å². The van der Waals surface area contributed by atoms with E-state index in [2.05, 4.69) is 10.6 Å². The summed E-state index contributed by atoms with van der Waals surface area (Å²) in [6.45, 7) is 0.896. The van der Waals surface area contributed by atoms with E-state index in [1.807, 2.05) is 30.3 Å². The van der Waals surface area contributed by atoms with Gasteiger partial charge in [-0.1, -0.05) is 43.2 Å². The molecular formula is C19H25N3O3. The van der Waals surface area contributed by atoms with Crippen molar-refractivity contribution in [3.05, 3.63) is 35.9 Å². The number of hydrogen-bond acceptors (Lipinski definition) is 3. The second-order valence-corrected chi connectivity index (χ2v) is 6.87. The fourth-order valence-electron chi connectivity index (χ4n) is 3.67. The molecular weight excluding hydrogens is 318 g/mol. The first-order valence-corrected chi connectivity index (χ1v) is 9.05. The van der Waals surface area contributed by atoms with Crippen LogP contribution < -0.4 is 10.6 Å².